The first-order valence-corrected chi connectivity index (χ1v) is 21.4. The molecule has 0 aromatic carbocycles. The Balaban J connectivity index is 1.90. The highest BCUT2D eigenvalue weighted by atomic mass is 16.5. The van der Waals surface area contributed by atoms with Gasteiger partial charge >= 0.3 is 11.9 Å². The van der Waals surface area contributed by atoms with Crippen LogP contribution in [-0.2, 0) is 57.3 Å². The largest absolute Gasteiger partial charge is 0.481 e. The maximum atomic E-state index is 12.3. The maximum absolute atomic E-state index is 12.3. The van der Waals surface area contributed by atoms with Crippen LogP contribution in [0.15, 0.2) is 12.2 Å². The number of carbonyl (C=O) groups is 8. The number of carbonyl (C=O) groups excluding carboxylic acids is 6. The van der Waals surface area contributed by atoms with Crippen molar-refractivity contribution in [3.63, 3.8) is 0 Å². The van der Waals surface area contributed by atoms with Gasteiger partial charge in [-0.25, -0.2) is 4.79 Å². The fourth-order valence-electron chi connectivity index (χ4n) is 5.93. The lowest BCUT2D eigenvalue weighted by molar-refractivity contribution is -0.142. The third-order valence-electron chi connectivity index (χ3n) is 9.24. The fourth-order valence-corrected chi connectivity index (χ4v) is 5.93. The van der Waals surface area contributed by atoms with E-state index in [1.54, 1.807) is 0 Å². The molecule has 342 valence electrons. The first-order chi connectivity index (χ1) is 29.0. The molecule has 0 aromatic rings. The van der Waals surface area contributed by atoms with E-state index in [0.29, 0.717) is 6.42 Å². The van der Waals surface area contributed by atoms with Crippen LogP contribution < -0.4 is 21.3 Å². The third kappa shape index (κ3) is 31.5. The predicted molar refractivity (Wildman–Crippen MR) is 218 cm³/mol. The lowest BCUT2D eigenvalue weighted by Crippen LogP contribution is -2.41. The SMILES string of the molecule is O=C(O)CCCCCCCCCCCCCCCCC(=O)NC(CCC(=O)NCCOCCOCC(=O)NCCOCCOCC(=O)NCCN1C(=O)C=CC1=O)C(=O)O. The molecule has 0 saturated carbocycles. The highest BCUT2D eigenvalue weighted by Gasteiger charge is 2.23. The molecule has 1 rings (SSSR count). The molecule has 1 aliphatic rings. The summed E-state index contributed by atoms with van der Waals surface area (Å²) < 4.78 is 21.2. The van der Waals surface area contributed by atoms with Crippen LogP contribution in [0.2, 0.25) is 0 Å². The van der Waals surface area contributed by atoms with Crippen LogP contribution in [0, 0.1) is 0 Å². The maximum Gasteiger partial charge on any atom is 0.326 e. The van der Waals surface area contributed by atoms with Gasteiger partial charge in [0.05, 0.1) is 39.6 Å². The van der Waals surface area contributed by atoms with Gasteiger partial charge in [0.25, 0.3) is 11.8 Å². The normalized spacial score (nSPS) is 12.7. The van der Waals surface area contributed by atoms with Gasteiger partial charge in [0.2, 0.25) is 23.6 Å². The molecule has 1 atom stereocenters. The smallest absolute Gasteiger partial charge is 0.326 e. The molecular formula is C41H69N5O14. The number of imide groups is 1. The van der Waals surface area contributed by atoms with Crippen LogP contribution in [-0.4, -0.2) is 148 Å². The van der Waals surface area contributed by atoms with Crippen molar-refractivity contribution in [3.05, 3.63) is 12.2 Å². The van der Waals surface area contributed by atoms with Crippen molar-refractivity contribution >= 4 is 47.4 Å². The Hall–Kier alpha value is -4.46. The number of amides is 6. The van der Waals surface area contributed by atoms with E-state index < -0.39 is 35.7 Å². The average Bonchev–Trinajstić information content (AvgIpc) is 3.53. The minimum Gasteiger partial charge on any atom is -0.481 e. The van der Waals surface area contributed by atoms with Gasteiger partial charge in [0.15, 0.2) is 0 Å². The van der Waals surface area contributed by atoms with E-state index in [4.69, 9.17) is 24.1 Å². The molecule has 0 aliphatic carbocycles. The number of rotatable bonds is 41. The average molecular weight is 856 g/mol. The van der Waals surface area contributed by atoms with Crippen LogP contribution >= 0.6 is 0 Å². The second kappa shape index (κ2) is 36.4. The number of carboxylic acid groups (broad SMARTS) is 2. The topological polar surface area (TPSA) is 265 Å². The fraction of sp³-hybridized carbons (Fsp3) is 0.756. The van der Waals surface area contributed by atoms with E-state index in [1.165, 1.54) is 50.7 Å². The quantitative estimate of drug-likeness (QED) is 0.0380. The van der Waals surface area contributed by atoms with E-state index in [0.717, 1.165) is 49.8 Å². The summed E-state index contributed by atoms with van der Waals surface area (Å²) in [5, 5.41) is 28.5. The van der Waals surface area contributed by atoms with Crippen molar-refractivity contribution in [1.29, 1.82) is 0 Å². The Morgan fingerprint density at radius 2 is 0.917 bits per heavy atom. The number of hydrogen-bond acceptors (Lipinski definition) is 12. The molecule has 1 aliphatic heterocycles. The molecule has 19 nitrogen and oxygen atoms in total. The molecular weight excluding hydrogens is 786 g/mol. The Kier molecular flexibility index (Phi) is 32.5. The van der Waals surface area contributed by atoms with Gasteiger partial charge in [-0.1, -0.05) is 77.0 Å². The summed E-state index contributed by atoms with van der Waals surface area (Å²) in [6.45, 7) is 1.35. The highest BCUT2D eigenvalue weighted by Crippen LogP contribution is 2.14. The molecule has 6 amide bonds. The standard InChI is InChI=1S/C41H69N5O14/c47-34(18-17-33(41(55)56)45-35(48)15-13-11-9-7-5-3-1-2-4-6-8-10-12-14-16-40(53)54)43-22-25-57-27-30-60-32-37(50)44-23-26-58-28-29-59-31-36(49)42-21-24-46-38(51)19-20-39(46)52/h19-20,33H,1-18,21-32H2,(H,42,49)(H,43,47)(H,44,50)(H,45,48)(H,53,54)(H,55,56). The highest BCUT2D eigenvalue weighted by molar-refractivity contribution is 6.12. The van der Waals surface area contributed by atoms with Crippen molar-refractivity contribution in [1.82, 2.24) is 26.2 Å². The number of ether oxygens (including phenoxy) is 4. The first-order valence-electron chi connectivity index (χ1n) is 21.4. The molecule has 0 saturated heterocycles. The summed E-state index contributed by atoms with van der Waals surface area (Å²) in [5.74, 6) is -4.18. The summed E-state index contributed by atoms with van der Waals surface area (Å²) in [6, 6.07) is -1.15. The first kappa shape index (κ1) is 53.6. The summed E-state index contributed by atoms with van der Waals surface area (Å²) >= 11 is 0. The molecule has 60 heavy (non-hydrogen) atoms. The number of nitrogens with zero attached hydrogens (tertiary/aromatic N) is 1. The number of aliphatic carboxylic acids is 2. The number of carboxylic acids is 2. The molecule has 0 radical (unpaired) electrons. The Bertz CT molecular complexity index is 1300. The van der Waals surface area contributed by atoms with Gasteiger partial charge in [0, 0.05) is 57.6 Å². The van der Waals surface area contributed by atoms with Gasteiger partial charge in [-0.2, -0.15) is 0 Å². The Morgan fingerprint density at radius 3 is 1.38 bits per heavy atom. The minimum absolute atomic E-state index is 0.0345. The van der Waals surface area contributed by atoms with Crippen molar-refractivity contribution in [2.24, 2.45) is 0 Å². The van der Waals surface area contributed by atoms with Crippen LogP contribution in [0.4, 0.5) is 0 Å². The summed E-state index contributed by atoms with van der Waals surface area (Å²) in [5.41, 5.74) is 0. The number of unbranched alkanes of at least 4 members (excludes halogenated alkanes) is 13. The van der Waals surface area contributed by atoms with Crippen molar-refractivity contribution < 1.29 is 67.5 Å². The van der Waals surface area contributed by atoms with Gasteiger partial charge in [-0.05, 0) is 19.3 Å². The lowest BCUT2D eigenvalue weighted by Gasteiger charge is -2.14. The van der Waals surface area contributed by atoms with Gasteiger partial charge in [0.1, 0.15) is 19.3 Å². The molecule has 6 N–H and O–H groups in total. The summed E-state index contributed by atoms with van der Waals surface area (Å²) in [7, 11) is 0. The zero-order valence-electron chi connectivity index (χ0n) is 35.2. The molecule has 19 heteroatoms. The predicted octanol–water partition coefficient (Wildman–Crippen LogP) is 2.00. The van der Waals surface area contributed by atoms with Crippen molar-refractivity contribution in [2.45, 2.75) is 122 Å². The molecule has 1 heterocycles. The van der Waals surface area contributed by atoms with Crippen molar-refractivity contribution in [2.75, 3.05) is 79.0 Å². The lowest BCUT2D eigenvalue weighted by atomic mass is 10.0. The van der Waals surface area contributed by atoms with Crippen molar-refractivity contribution in [3.8, 4) is 0 Å². The van der Waals surface area contributed by atoms with E-state index in [2.05, 4.69) is 21.3 Å². The van der Waals surface area contributed by atoms with Gasteiger partial charge in [-0.15, -0.1) is 0 Å². The van der Waals surface area contributed by atoms with E-state index in [1.807, 2.05) is 0 Å². The molecule has 0 aromatic heterocycles. The van der Waals surface area contributed by atoms with Crippen LogP contribution in [0.3, 0.4) is 0 Å². The van der Waals surface area contributed by atoms with Crippen LogP contribution in [0.5, 0.6) is 0 Å². The van der Waals surface area contributed by atoms with Gasteiger partial charge < -0.3 is 50.4 Å². The zero-order chi connectivity index (χ0) is 44.1. The Morgan fingerprint density at radius 1 is 0.500 bits per heavy atom. The minimum atomic E-state index is -1.19. The number of hydrogen-bond donors (Lipinski definition) is 6. The molecule has 0 spiro atoms. The van der Waals surface area contributed by atoms with Gasteiger partial charge in [-0.3, -0.25) is 38.5 Å². The van der Waals surface area contributed by atoms with E-state index >= 15 is 0 Å². The molecule has 0 bridgehead atoms. The summed E-state index contributed by atoms with van der Waals surface area (Å²) in [6.07, 6.45) is 17.7. The molecule has 1 unspecified atom stereocenters. The monoisotopic (exact) mass is 855 g/mol. The summed E-state index contributed by atoms with van der Waals surface area (Å²) in [4.78, 5) is 94.2. The van der Waals surface area contributed by atoms with E-state index in [-0.39, 0.29) is 122 Å². The third-order valence-corrected chi connectivity index (χ3v) is 9.24. The van der Waals surface area contributed by atoms with Crippen LogP contribution in [0.1, 0.15) is 116 Å². The molecule has 0 fully saturated rings. The Labute approximate surface area is 353 Å². The number of nitrogens with one attached hydrogen (secondary N) is 4. The second-order valence-corrected chi connectivity index (χ2v) is 14.4. The second-order valence-electron chi connectivity index (χ2n) is 14.4. The zero-order valence-corrected chi connectivity index (χ0v) is 35.2. The van der Waals surface area contributed by atoms with Crippen LogP contribution in [0.25, 0.3) is 0 Å². The van der Waals surface area contributed by atoms with E-state index in [9.17, 15) is 43.5 Å².